The van der Waals surface area contributed by atoms with Crippen molar-refractivity contribution in [2.24, 2.45) is 0 Å². The lowest BCUT2D eigenvalue weighted by Crippen LogP contribution is -2.36. The van der Waals surface area contributed by atoms with Crippen LogP contribution in [0.3, 0.4) is 0 Å². The summed E-state index contributed by atoms with van der Waals surface area (Å²) in [6.07, 6.45) is 0.747. The molecule has 5 rings (SSSR count). The van der Waals surface area contributed by atoms with E-state index in [1.54, 1.807) is 44.6 Å². The molecule has 12 nitrogen and oxygen atoms in total. The minimum Gasteiger partial charge on any atom is -0.497 e. The van der Waals surface area contributed by atoms with Crippen molar-refractivity contribution in [1.82, 2.24) is 30.2 Å². The number of rotatable bonds is 11. The average molecular weight is 739 g/mol. The molecule has 228 valence electrons. The summed E-state index contributed by atoms with van der Waals surface area (Å²) in [5.74, 6) is 1.34. The number of ether oxygens (including phenoxy) is 2. The highest BCUT2D eigenvalue weighted by Gasteiger charge is 2.37. The summed E-state index contributed by atoms with van der Waals surface area (Å²) in [7, 11) is -5.31. The zero-order chi connectivity index (χ0) is 30.6. The summed E-state index contributed by atoms with van der Waals surface area (Å²) in [6, 6.07) is 17.2. The van der Waals surface area contributed by atoms with Crippen LogP contribution in [0, 0.1) is 3.57 Å². The van der Waals surface area contributed by atoms with E-state index in [-0.39, 0.29) is 34.3 Å². The van der Waals surface area contributed by atoms with Gasteiger partial charge >= 0.3 is 0 Å². The van der Waals surface area contributed by atoms with Gasteiger partial charge in [-0.1, -0.05) is 24.3 Å². The molecule has 2 N–H and O–H groups in total. The van der Waals surface area contributed by atoms with Crippen molar-refractivity contribution in [3.63, 3.8) is 0 Å². The van der Waals surface area contributed by atoms with Gasteiger partial charge in [0.05, 0.1) is 36.5 Å². The Balaban J connectivity index is 1.57. The lowest BCUT2D eigenvalue weighted by atomic mass is 10.2. The van der Waals surface area contributed by atoms with Gasteiger partial charge in [-0.05, 0) is 101 Å². The number of piperidine rings is 1. The Morgan fingerprint density at radius 3 is 2.12 bits per heavy atom. The van der Waals surface area contributed by atoms with Crippen LogP contribution >= 0.6 is 22.6 Å². The van der Waals surface area contributed by atoms with E-state index < -0.39 is 25.1 Å². The van der Waals surface area contributed by atoms with Crippen LogP contribution in [0.1, 0.15) is 24.0 Å². The fourth-order valence-corrected chi connectivity index (χ4v) is 9.51. The zero-order valence-corrected chi connectivity index (χ0v) is 27.3. The highest BCUT2D eigenvalue weighted by Crippen LogP contribution is 2.37. The predicted molar refractivity (Wildman–Crippen MR) is 168 cm³/mol. The van der Waals surface area contributed by atoms with E-state index >= 15 is 0 Å². The van der Waals surface area contributed by atoms with Crippen LogP contribution in [0.2, 0.25) is 0 Å². The van der Waals surface area contributed by atoms with Crippen molar-refractivity contribution < 1.29 is 26.3 Å². The van der Waals surface area contributed by atoms with E-state index in [0.29, 0.717) is 46.6 Å². The van der Waals surface area contributed by atoms with Crippen LogP contribution in [0.4, 0.5) is 0 Å². The first-order valence-electron chi connectivity index (χ1n) is 13.4. The van der Waals surface area contributed by atoms with E-state index in [1.807, 2.05) is 46.9 Å². The molecule has 1 aromatic heterocycles. The lowest BCUT2D eigenvalue weighted by Gasteiger charge is -2.24. The number of nitrogens with zero attached hydrogens (tertiary/aromatic N) is 4. The Bertz CT molecular complexity index is 1790. The summed E-state index contributed by atoms with van der Waals surface area (Å²) in [5.41, 5.74) is 1.62. The molecule has 0 spiro atoms. The molecule has 0 amide bonds. The van der Waals surface area contributed by atoms with Crippen LogP contribution in [-0.2, 0) is 33.0 Å². The summed E-state index contributed by atoms with van der Waals surface area (Å²) in [5, 5.41) is 15.2. The number of sulfone groups is 1. The molecule has 1 aliphatic rings. The van der Waals surface area contributed by atoms with Crippen LogP contribution in [0.25, 0.3) is 11.4 Å². The fourth-order valence-electron chi connectivity index (χ4n) is 4.82. The molecular weight excluding hydrogens is 707 g/mol. The summed E-state index contributed by atoms with van der Waals surface area (Å²) in [6.45, 7) is 1.25. The van der Waals surface area contributed by atoms with Gasteiger partial charge < -0.3 is 14.8 Å². The quantitative estimate of drug-likeness (QED) is 0.220. The average Bonchev–Trinajstić information content (AvgIpc) is 3.48. The van der Waals surface area contributed by atoms with Crippen LogP contribution < -0.4 is 19.5 Å². The van der Waals surface area contributed by atoms with Gasteiger partial charge in [-0.25, -0.2) is 21.6 Å². The van der Waals surface area contributed by atoms with E-state index in [4.69, 9.17) is 9.47 Å². The minimum absolute atomic E-state index is 0.00472. The number of nitrogens with one attached hydrogen (secondary N) is 2. The van der Waals surface area contributed by atoms with Gasteiger partial charge in [0.2, 0.25) is 15.8 Å². The minimum atomic E-state index is -4.40. The normalized spacial score (nSPS) is 14.5. The molecule has 15 heteroatoms. The predicted octanol–water partition coefficient (Wildman–Crippen LogP) is 3.01. The highest BCUT2D eigenvalue weighted by atomic mass is 127. The maximum absolute atomic E-state index is 14.1. The number of aromatic nitrogens is 4. The first-order valence-corrected chi connectivity index (χ1v) is 17.5. The molecule has 0 saturated carbocycles. The Morgan fingerprint density at radius 2 is 1.51 bits per heavy atom. The SMILES string of the molecule is COc1ccc(CNS(=O)(=O)c2c(S(=O)(=O)C3CCNCC3)ccc(I)c2-c2nnn(Cc3ccc(OC)cc3)n2)cc1. The van der Waals surface area contributed by atoms with Gasteiger partial charge in [-0.15, -0.1) is 10.2 Å². The topological polar surface area (TPSA) is 154 Å². The van der Waals surface area contributed by atoms with Gasteiger partial charge in [0.25, 0.3) is 0 Å². The van der Waals surface area contributed by atoms with Crippen molar-refractivity contribution >= 4 is 42.5 Å². The van der Waals surface area contributed by atoms with Gasteiger partial charge in [-0.3, -0.25) is 0 Å². The van der Waals surface area contributed by atoms with E-state index in [0.717, 1.165) is 5.56 Å². The van der Waals surface area contributed by atoms with Crippen molar-refractivity contribution in [1.29, 1.82) is 0 Å². The molecule has 1 aliphatic heterocycles. The first kappa shape index (κ1) is 31.3. The second kappa shape index (κ2) is 13.3. The smallest absolute Gasteiger partial charge is 0.242 e. The molecule has 3 aromatic carbocycles. The summed E-state index contributed by atoms with van der Waals surface area (Å²) in [4.78, 5) is 0.682. The number of halogens is 1. The molecule has 43 heavy (non-hydrogen) atoms. The van der Waals surface area contributed by atoms with Crippen LogP contribution in [0.15, 0.2) is 70.5 Å². The van der Waals surface area contributed by atoms with Crippen LogP contribution in [0.5, 0.6) is 11.5 Å². The molecule has 1 fully saturated rings. The fraction of sp³-hybridized carbons (Fsp3) is 0.321. The third-order valence-corrected chi connectivity index (χ3v) is 12.0. The molecule has 1 saturated heterocycles. The monoisotopic (exact) mass is 738 g/mol. The van der Waals surface area contributed by atoms with Gasteiger partial charge in [0.15, 0.2) is 9.84 Å². The number of benzene rings is 3. The lowest BCUT2D eigenvalue weighted by molar-refractivity contribution is 0.414. The van der Waals surface area contributed by atoms with E-state index in [2.05, 4.69) is 25.4 Å². The molecule has 4 aromatic rings. The Morgan fingerprint density at radius 1 is 0.907 bits per heavy atom. The maximum Gasteiger partial charge on any atom is 0.242 e. The van der Waals surface area contributed by atoms with Crippen molar-refractivity contribution in [2.75, 3.05) is 27.3 Å². The number of hydrogen-bond acceptors (Lipinski definition) is 10. The van der Waals surface area contributed by atoms with E-state index in [1.165, 1.54) is 10.9 Å². The Hall–Kier alpha value is -3.12. The maximum atomic E-state index is 14.1. The molecule has 2 heterocycles. The van der Waals surface area contributed by atoms with Crippen molar-refractivity contribution in [2.45, 2.75) is 41.0 Å². The van der Waals surface area contributed by atoms with Crippen LogP contribution in [-0.4, -0.2) is 69.6 Å². The number of hydrogen-bond donors (Lipinski definition) is 2. The number of sulfonamides is 1. The third kappa shape index (κ3) is 7.01. The molecule has 0 bridgehead atoms. The first-order chi connectivity index (χ1) is 20.6. The Labute approximate surface area is 264 Å². The van der Waals surface area contributed by atoms with Crippen molar-refractivity contribution in [3.05, 3.63) is 75.4 Å². The van der Waals surface area contributed by atoms with Gasteiger partial charge in [0, 0.05) is 10.1 Å². The third-order valence-electron chi connectivity index (χ3n) is 7.16. The van der Waals surface area contributed by atoms with E-state index in [9.17, 15) is 16.8 Å². The second-order valence-electron chi connectivity index (χ2n) is 9.91. The molecule has 0 aliphatic carbocycles. The highest BCUT2D eigenvalue weighted by molar-refractivity contribution is 14.1. The Kier molecular flexibility index (Phi) is 9.65. The number of methoxy groups -OCH3 is 2. The summed E-state index contributed by atoms with van der Waals surface area (Å²) < 4.78 is 69.6. The van der Waals surface area contributed by atoms with Crippen molar-refractivity contribution in [3.8, 4) is 22.9 Å². The van der Waals surface area contributed by atoms with Gasteiger partial charge in [0.1, 0.15) is 16.4 Å². The molecule has 0 unspecified atom stereocenters. The largest absolute Gasteiger partial charge is 0.497 e. The molecule has 0 atom stereocenters. The standard InChI is InChI=1S/C28H31IN6O6S2/c1-40-21-7-3-19(4-8-21)17-31-43(38,39)27-25(42(36,37)23-13-15-30-16-14-23)12-11-24(29)26(27)28-32-34-35(33-28)18-20-5-9-22(41-2)10-6-20/h3-12,23,30-31H,13-18H2,1-2H3. The zero-order valence-electron chi connectivity index (χ0n) is 23.5. The molecule has 0 radical (unpaired) electrons. The summed E-state index contributed by atoms with van der Waals surface area (Å²) >= 11 is 1.98. The molecular formula is C28H31IN6O6S2. The second-order valence-corrected chi connectivity index (χ2v) is 15.0. The van der Waals surface area contributed by atoms with Gasteiger partial charge in [-0.2, -0.15) is 4.80 Å². The number of tetrazole rings is 1.